The summed E-state index contributed by atoms with van der Waals surface area (Å²) in [7, 11) is 5.34. The summed E-state index contributed by atoms with van der Waals surface area (Å²) in [6.45, 7) is 15.6. The van der Waals surface area contributed by atoms with Crippen LogP contribution in [0.25, 0.3) is 0 Å². The smallest absolute Gasteiger partial charge is 0.118 e. The van der Waals surface area contributed by atoms with Gasteiger partial charge in [0.1, 0.15) is 5.75 Å². The molecule has 24 heavy (non-hydrogen) atoms. The highest BCUT2D eigenvalue weighted by molar-refractivity contribution is 5.27. The number of methoxy groups -OCH3 is 1. The topological polar surface area (TPSA) is 64.5 Å². The number of nitrogens with zero attached hydrogens (tertiary/aromatic N) is 1. The van der Waals surface area contributed by atoms with E-state index in [-0.39, 0.29) is 0 Å². The van der Waals surface area contributed by atoms with E-state index in [1.165, 1.54) is 32.1 Å². The lowest BCUT2D eigenvalue weighted by molar-refractivity contribution is 0.131. The molecule has 142 valence electrons. The van der Waals surface area contributed by atoms with Crippen LogP contribution in [0.2, 0.25) is 0 Å². The third-order valence-electron chi connectivity index (χ3n) is 3.31. The van der Waals surface area contributed by atoms with Crippen LogP contribution in [0.4, 0.5) is 0 Å². The van der Waals surface area contributed by atoms with E-state index in [1.54, 1.807) is 7.11 Å². The Morgan fingerprint density at radius 3 is 1.83 bits per heavy atom. The van der Waals surface area contributed by atoms with E-state index in [0.29, 0.717) is 6.54 Å². The van der Waals surface area contributed by atoms with Gasteiger partial charge < -0.3 is 21.1 Å². The first-order valence-electron chi connectivity index (χ1n) is 8.78. The van der Waals surface area contributed by atoms with E-state index >= 15 is 0 Å². The first-order valence-corrected chi connectivity index (χ1v) is 8.78. The molecule has 1 aliphatic rings. The fourth-order valence-corrected chi connectivity index (χ4v) is 2.05. The van der Waals surface area contributed by atoms with E-state index in [4.69, 9.17) is 10.5 Å². The molecule has 0 aromatic heterocycles. The Balaban J connectivity index is -0.000000293. The Morgan fingerprint density at radius 2 is 1.58 bits per heavy atom. The van der Waals surface area contributed by atoms with Gasteiger partial charge in [-0.05, 0) is 50.7 Å². The zero-order valence-corrected chi connectivity index (χ0v) is 16.8. The zero-order chi connectivity index (χ0) is 19.4. The van der Waals surface area contributed by atoms with Crippen molar-refractivity contribution in [3.8, 4) is 5.75 Å². The van der Waals surface area contributed by atoms with Crippen LogP contribution in [0.3, 0.4) is 0 Å². The second-order valence-corrected chi connectivity index (χ2v) is 4.88. The van der Waals surface area contributed by atoms with Crippen molar-refractivity contribution in [3.63, 3.8) is 0 Å². The van der Waals surface area contributed by atoms with Gasteiger partial charge in [0.25, 0.3) is 0 Å². The summed E-state index contributed by atoms with van der Waals surface area (Å²) in [6, 6.07) is 7.97. The van der Waals surface area contributed by atoms with Crippen molar-refractivity contribution in [2.24, 2.45) is 17.4 Å². The van der Waals surface area contributed by atoms with Gasteiger partial charge in [-0.15, -0.1) is 13.2 Å². The van der Waals surface area contributed by atoms with Gasteiger partial charge in [-0.3, -0.25) is 0 Å². The Bertz CT molecular complexity index is 335. The van der Waals surface area contributed by atoms with Crippen LogP contribution >= 0.6 is 0 Å². The summed E-state index contributed by atoms with van der Waals surface area (Å²) in [5, 5.41) is 0. The average Bonchev–Trinajstić information content (AvgIpc) is 2.65. The van der Waals surface area contributed by atoms with Crippen LogP contribution in [-0.4, -0.2) is 45.7 Å². The number of hydrogen-bond donors (Lipinski definition) is 2. The maximum absolute atomic E-state index is 5.40. The van der Waals surface area contributed by atoms with Crippen LogP contribution in [0, 0.1) is 5.92 Å². The molecule has 0 unspecified atom stereocenters. The molecule has 0 amide bonds. The van der Waals surface area contributed by atoms with Gasteiger partial charge in [0.15, 0.2) is 0 Å². The summed E-state index contributed by atoms with van der Waals surface area (Å²) in [4.78, 5) is 2.36. The van der Waals surface area contributed by atoms with E-state index in [0.717, 1.165) is 18.1 Å². The van der Waals surface area contributed by atoms with Crippen molar-refractivity contribution in [1.29, 1.82) is 0 Å². The molecule has 1 aromatic carbocycles. The lowest BCUT2D eigenvalue weighted by Gasteiger charge is -2.35. The minimum Gasteiger partial charge on any atom is -0.497 e. The molecule has 0 bridgehead atoms. The molecule has 4 heteroatoms. The average molecular weight is 340 g/mol. The molecule has 0 aliphatic carbocycles. The van der Waals surface area contributed by atoms with Crippen LogP contribution in [0.5, 0.6) is 5.75 Å². The highest BCUT2D eigenvalue weighted by atomic mass is 16.5. The van der Waals surface area contributed by atoms with Crippen LogP contribution in [0.15, 0.2) is 37.4 Å². The number of nitrogens with two attached hydrogens (primary N) is 2. The Morgan fingerprint density at radius 1 is 1.12 bits per heavy atom. The fourth-order valence-electron chi connectivity index (χ4n) is 2.05. The molecule has 4 nitrogen and oxygen atoms in total. The van der Waals surface area contributed by atoms with Crippen molar-refractivity contribution in [2.45, 2.75) is 33.6 Å². The third kappa shape index (κ3) is 14.2. The van der Waals surface area contributed by atoms with Crippen molar-refractivity contribution < 1.29 is 4.74 Å². The predicted octanol–water partition coefficient (Wildman–Crippen LogP) is 3.56. The molecule has 0 radical (unpaired) electrons. The molecule has 0 saturated carbocycles. The molecule has 1 saturated heterocycles. The van der Waals surface area contributed by atoms with Gasteiger partial charge >= 0.3 is 0 Å². The largest absolute Gasteiger partial charge is 0.497 e. The summed E-state index contributed by atoms with van der Waals surface area (Å²) >= 11 is 0. The molecule has 0 atom stereocenters. The maximum Gasteiger partial charge on any atom is 0.118 e. The fraction of sp³-hybridized carbons (Fsp3) is 0.600. The SMILES string of the molecule is C=C.CC.CCC1CN(C)C1.CN.COc1ccc(CCN)cc1. The third-order valence-corrected chi connectivity index (χ3v) is 3.31. The van der Waals surface area contributed by atoms with E-state index in [1.807, 2.05) is 38.1 Å². The number of hydrogen-bond acceptors (Lipinski definition) is 4. The standard InChI is InChI=1S/C9H13NO.C6H13N.C2H6.C2H4.CH5N/c1-11-9-4-2-8(3-5-9)6-7-10;1-3-6-4-7(2)5-6;3*1-2/h2-5H,6-7,10H2,1H3;6H,3-5H2,1-2H3;1-2H3;1-2H2;2H2,1H3. The van der Waals surface area contributed by atoms with Crippen molar-refractivity contribution in [1.82, 2.24) is 4.90 Å². The monoisotopic (exact) mass is 339 g/mol. The normalized spacial score (nSPS) is 12.3. The number of rotatable bonds is 4. The lowest BCUT2D eigenvalue weighted by atomic mass is 9.99. The minimum absolute atomic E-state index is 0.701. The maximum atomic E-state index is 5.40. The minimum atomic E-state index is 0.701. The molecule has 1 fully saturated rings. The Labute approximate surface area is 150 Å². The van der Waals surface area contributed by atoms with Gasteiger partial charge in [0.05, 0.1) is 7.11 Å². The summed E-state index contributed by atoms with van der Waals surface area (Å²) < 4.78 is 5.02. The van der Waals surface area contributed by atoms with Crippen LogP contribution in [-0.2, 0) is 6.42 Å². The first kappa shape index (κ1) is 27.5. The summed E-state index contributed by atoms with van der Waals surface area (Å²) in [5.41, 5.74) is 11.2. The highest BCUT2D eigenvalue weighted by Gasteiger charge is 2.19. The quantitative estimate of drug-likeness (QED) is 0.823. The predicted molar refractivity (Wildman–Crippen MR) is 110 cm³/mol. The molecule has 2 rings (SSSR count). The van der Waals surface area contributed by atoms with Crippen LogP contribution < -0.4 is 16.2 Å². The Kier molecular flexibility index (Phi) is 24.8. The second-order valence-electron chi connectivity index (χ2n) is 4.88. The van der Waals surface area contributed by atoms with Crippen molar-refractivity contribution in [3.05, 3.63) is 43.0 Å². The van der Waals surface area contributed by atoms with Crippen molar-refractivity contribution >= 4 is 0 Å². The lowest BCUT2D eigenvalue weighted by Crippen LogP contribution is -2.42. The molecule has 0 spiro atoms. The van der Waals surface area contributed by atoms with Crippen molar-refractivity contribution in [2.75, 3.05) is 40.8 Å². The first-order chi connectivity index (χ1) is 11.7. The van der Waals surface area contributed by atoms with E-state index in [2.05, 4.69) is 37.8 Å². The summed E-state index contributed by atoms with van der Waals surface area (Å²) in [5.74, 6) is 1.91. The van der Waals surface area contributed by atoms with Gasteiger partial charge in [-0.1, -0.05) is 39.3 Å². The molecular formula is C20H41N3O. The van der Waals surface area contributed by atoms with Gasteiger partial charge in [0, 0.05) is 13.1 Å². The molecular weight excluding hydrogens is 298 g/mol. The van der Waals surface area contributed by atoms with Crippen LogP contribution in [0.1, 0.15) is 32.8 Å². The highest BCUT2D eigenvalue weighted by Crippen LogP contribution is 2.14. The number of benzene rings is 1. The number of ether oxygens (including phenoxy) is 1. The molecule has 1 aromatic rings. The van der Waals surface area contributed by atoms with Gasteiger partial charge in [-0.2, -0.15) is 0 Å². The number of likely N-dealkylation sites (tertiary alicyclic amines) is 1. The zero-order valence-electron chi connectivity index (χ0n) is 16.8. The van der Waals surface area contributed by atoms with Gasteiger partial charge in [0.2, 0.25) is 0 Å². The second kappa shape index (κ2) is 21.6. The molecule has 4 N–H and O–H groups in total. The van der Waals surface area contributed by atoms with E-state index < -0.39 is 0 Å². The Hall–Kier alpha value is -1.36. The summed E-state index contributed by atoms with van der Waals surface area (Å²) in [6.07, 6.45) is 2.30. The van der Waals surface area contributed by atoms with E-state index in [9.17, 15) is 0 Å². The molecule has 1 aliphatic heterocycles. The molecule has 1 heterocycles. The van der Waals surface area contributed by atoms with Gasteiger partial charge in [-0.25, -0.2) is 0 Å².